The second kappa shape index (κ2) is 6.28. The monoisotopic (exact) mass is 393 g/mol. The Balaban J connectivity index is 2.28. The summed E-state index contributed by atoms with van der Waals surface area (Å²) in [6.45, 7) is 0. The Hall–Kier alpha value is -2.34. The molecule has 0 saturated carbocycles. The van der Waals surface area contributed by atoms with Gasteiger partial charge in [0.05, 0.1) is 0 Å². The lowest BCUT2D eigenvalue weighted by Crippen LogP contribution is -2.23. The quantitative estimate of drug-likeness (QED) is 0.613. The largest absolute Gasteiger partial charge is 0.422 e. The molecule has 0 aliphatic heterocycles. The van der Waals surface area contributed by atoms with E-state index in [4.69, 9.17) is 0 Å². The van der Waals surface area contributed by atoms with E-state index in [0.29, 0.717) is 16.8 Å². The van der Waals surface area contributed by atoms with Crippen LogP contribution in [0.4, 0.5) is 13.2 Å². The molecule has 3 aromatic rings. The van der Waals surface area contributed by atoms with Crippen molar-refractivity contribution in [2.24, 2.45) is 0 Å². The molecule has 0 unspecified atom stereocenters. The summed E-state index contributed by atoms with van der Waals surface area (Å²) in [4.78, 5) is 14.5. The molecule has 1 aromatic heterocycles. The Kier molecular flexibility index (Phi) is 4.32. The fraction of sp³-hybridized carbons (Fsp3) is 0.0556. The van der Waals surface area contributed by atoms with Crippen LogP contribution in [0, 0.1) is 0 Å². The average Bonchev–Trinajstić information content (AvgIpc) is 2.54. The van der Waals surface area contributed by atoms with E-state index in [1.54, 1.807) is 54.6 Å². The summed E-state index contributed by atoms with van der Waals surface area (Å²) >= 11 is 3.30. The molecular formula is C18H11BrF3NO. The highest BCUT2D eigenvalue weighted by molar-refractivity contribution is 9.10. The van der Waals surface area contributed by atoms with Crippen LogP contribution in [-0.4, -0.2) is 4.98 Å². The van der Waals surface area contributed by atoms with Crippen LogP contribution in [0.15, 0.2) is 69.9 Å². The predicted octanol–water partition coefficient (Wildman–Crippen LogP) is 5.49. The molecule has 0 amide bonds. The Morgan fingerprint density at radius 2 is 1.50 bits per heavy atom. The highest BCUT2D eigenvalue weighted by Crippen LogP contribution is 2.36. The molecule has 0 fully saturated rings. The highest BCUT2D eigenvalue weighted by atomic mass is 79.9. The van der Waals surface area contributed by atoms with E-state index in [9.17, 15) is 18.0 Å². The molecule has 0 spiro atoms. The van der Waals surface area contributed by atoms with Crippen molar-refractivity contribution in [3.8, 4) is 22.4 Å². The van der Waals surface area contributed by atoms with Gasteiger partial charge in [0.2, 0.25) is 0 Å². The van der Waals surface area contributed by atoms with Crippen molar-refractivity contribution >= 4 is 15.9 Å². The predicted molar refractivity (Wildman–Crippen MR) is 90.6 cm³/mol. The first-order valence-corrected chi connectivity index (χ1v) is 7.81. The zero-order valence-corrected chi connectivity index (χ0v) is 13.8. The van der Waals surface area contributed by atoms with Crippen LogP contribution < -0.4 is 5.56 Å². The number of nitrogens with one attached hydrogen (secondary N) is 1. The fourth-order valence-electron chi connectivity index (χ4n) is 2.47. The minimum Gasteiger partial charge on any atom is -0.321 e. The molecule has 0 atom stereocenters. The van der Waals surface area contributed by atoms with Crippen LogP contribution in [0.25, 0.3) is 22.4 Å². The molecule has 0 bridgehead atoms. The number of H-pyrrole nitrogens is 1. The Bertz CT molecular complexity index is 916. The van der Waals surface area contributed by atoms with Gasteiger partial charge in [-0.25, -0.2) is 0 Å². The minimum absolute atomic E-state index is 0.134. The van der Waals surface area contributed by atoms with Gasteiger partial charge in [-0.15, -0.1) is 0 Å². The van der Waals surface area contributed by atoms with E-state index in [1.165, 1.54) is 6.07 Å². The maximum Gasteiger partial charge on any atom is 0.422 e. The van der Waals surface area contributed by atoms with Crippen LogP contribution in [0.3, 0.4) is 0 Å². The number of aromatic nitrogens is 1. The van der Waals surface area contributed by atoms with Crippen LogP contribution in [-0.2, 0) is 6.18 Å². The summed E-state index contributed by atoms with van der Waals surface area (Å²) in [6, 6.07) is 16.4. The fourth-order valence-corrected chi connectivity index (χ4v) is 2.74. The number of alkyl halides is 3. The zero-order valence-electron chi connectivity index (χ0n) is 12.2. The maximum absolute atomic E-state index is 13.4. The summed E-state index contributed by atoms with van der Waals surface area (Å²) in [5, 5.41) is 0. The summed E-state index contributed by atoms with van der Waals surface area (Å²) in [5.41, 5.74) is -1.17. The Morgan fingerprint density at radius 3 is 2.08 bits per heavy atom. The summed E-state index contributed by atoms with van der Waals surface area (Å²) in [6.07, 6.45) is -4.74. The Labute approximate surface area is 144 Å². The van der Waals surface area contributed by atoms with E-state index in [0.717, 1.165) is 4.47 Å². The molecule has 3 rings (SSSR count). The topological polar surface area (TPSA) is 32.9 Å². The molecule has 2 aromatic carbocycles. The third kappa shape index (κ3) is 3.28. The molecule has 2 nitrogen and oxygen atoms in total. The number of benzene rings is 2. The molecule has 0 aliphatic rings. The van der Waals surface area contributed by atoms with E-state index >= 15 is 0 Å². The number of aromatic amines is 1. The van der Waals surface area contributed by atoms with E-state index in [1.807, 2.05) is 0 Å². The van der Waals surface area contributed by atoms with Gasteiger partial charge in [-0.3, -0.25) is 4.79 Å². The van der Waals surface area contributed by atoms with E-state index in [2.05, 4.69) is 20.9 Å². The van der Waals surface area contributed by atoms with E-state index < -0.39 is 17.3 Å². The normalized spacial score (nSPS) is 11.5. The second-order valence-corrected chi connectivity index (χ2v) is 6.09. The zero-order chi connectivity index (χ0) is 17.3. The molecular weight excluding hydrogens is 383 g/mol. The number of hydrogen-bond donors (Lipinski definition) is 1. The van der Waals surface area contributed by atoms with Crippen molar-refractivity contribution in [1.29, 1.82) is 0 Å². The number of hydrogen-bond acceptors (Lipinski definition) is 1. The molecule has 6 heteroatoms. The first kappa shape index (κ1) is 16.5. The van der Waals surface area contributed by atoms with Gasteiger partial charge < -0.3 is 4.98 Å². The standard InChI is InChI=1S/C18H11BrF3NO/c19-13-8-6-12(7-9-13)15-10-14(11-4-2-1-3-5-11)16(17(24)23-15)18(20,21)22/h1-10H,(H,23,24). The van der Waals surface area contributed by atoms with Crippen LogP contribution in [0.5, 0.6) is 0 Å². The summed E-state index contributed by atoms with van der Waals surface area (Å²) in [7, 11) is 0. The maximum atomic E-state index is 13.4. The van der Waals surface area contributed by atoms with Crippen molar-refractivity contribution in [1.82, 2.24) is 4.98 Å². The molecule has 0 saturated heterocycles. The van der Waals surface area contributed by atoms with Gasteiger partial charge in [-0.1, -0.05) is 58.4 Å². The first-order valence-electron chi connectivity index (χ1n) is 7.02. The van der Waals surface area contributed by atoms with Gasteiger partial charge >= 0.3 is 6.18 Å². The van der Waals surface area contributed by atoms with Gasteiger partial charge in [-0.2, -0.15) is 13.2 Å². The lowest BCUT2D eigenvalue weighted by molar-refractivity contribution is -0.138. The smallest absolute Gasteiger partial charge is 0.321 e. The van der Waals surface area contributed by atoms with Gasteiger partial charge in [0, 0.05) is 15.7 Å². The third-order valence-corrected chi connectivity index (χ3v) is 4.09. The lowest BCUT2D eigenvalue weighted by atomic mass is 9.98. The Morgan fingerprint density at radius 1 is 0.875 bits per heavy atom. The highest BCUT2D eigenvalue weighted by Gasteiger charge is 2.37. The van der Waals surface area contributed by atoms with Gasteiger partial charge in [-0.05, 0) is 29.3 Å². The number of rotatable bonds is 2. The summed E-state index contributed by atoms with van der Waals surface area (Å²) < 4.78 is 40.9. The molecule has 1 heterocycles. The number of pyridine rings is 1. The molecule has 1 N–H and O–H groups in total. The molecule has 24 heavy (non-hydrogen) atoms. The summed E-state index contributed by atoms with van der Waals surface area (Å²) in [5.74, 6) is 0. The van der Waals surface area contributed by atoms with Crippen molar-refractivity contribution in [2.75, 3.05) is 0 Å². The van der Waals surface area contributed by atoms with Crippen LogP contribution >= 0.6 is 15.9 Å². The first-order chi connectivity index (χ1) is 11.4. The third-order valence-electron chi connectivity index (χ3n) is 3.56. The molecule has 122 valence electrons. The van der Waals surface area contributed by atoms with Crippen molar-refractivity contribution in [3.63, 3.8) is 0 Å². The van der Waals surface area contributed by atoms with Crippen molar-refractivity contribution in [2.45, 2.75) is 6.18 Å². The minimum atomic E-state index is -4.74. The van der Waals surface area contributed by atoms with Gasteiger partial charge in [0.25, 0.3) is 5.56 Å². The average molecular weight is 394 g/mol. The van der Waals surface area contributed by atoms with Crippen LogP contribution in [0.2, 0.25) is 0 Å². The SMILES string of the molecule is O=c1[nH]c(-c2ccc(Br)cc2)cc(-c2ccccc2)c1C(F)(F)F. The van der Waals surface area contributed by atoms with Crippen molar-refractivity contribution in [3.05, 3.63) is 81.1 Å². The van der Waals surface area contributed by atoms with Gasteiger partial charge in [0.15, 0.2) is 0 Å². The van der Waals surface area contributed by atoms with Crippen molar-refractivity contribution < 1.29 is 13.2 Å². The second-order valence-electron chi connectivity index (χ2n) is 5.17. The number of halogens is 4. The van der Waals surface area contributed by atoms with Crippen LogP contribution in [0.1, 0.15) is 5.56 Å². The van der Waals surface area contributed by atoms with Gasteiger partial charge in [0.1, 0.15) is 5.56 Å². The van der Waals surface area contributed by atoms with E-state index in [-0.39, 0.29) is 5.56 Å². The molecule has 0 radical (unpaired) electrons. The molecule has 0 aliphatic carbocycles. The lowest BCUT2D eigenvalue weighted by Gasteiger charge is -2.14.